The first-order valence-electron chi connectivity index (χ1n) is 6.69. The summed E-state index contributed by atoms with van der Waals surface area (Å²) in [6.45, 7) is 3.76. The summed E-state index contributed by atoms with van der Waals surface area (Å²) in [5, 5.41) is 11.4. The molecule has 0 aliphatic carbocycles. The average molecular weight is 312 g/mol. The van der Waals surface area contributed by atoms with Gasteiger partial charge < -0.3 is 10.1 Å². The van der Waals surface area contributed by atoms with E-state index < -0.39 is 0 Å². The molecular weight excluding hydrogens is 294 g/mol. The quantitative estimate of drug-likeness (QED) is 0.845. The Bertz CT molecular complexity index is 652. The van der Waals surface area contributed by atoms with Crippen LogP contribution in [0, 0.1) is 0 Å². The lowest BCUT2D eigenvalue weighted by Crippen LogP contribution is -2.23. The van der Waals surface area contributed by atoms with Crippen LogP contribution in [-0.2, 0) is 17.8 Å². The standard InChI is InChI=1S/C13H18ClN5O2/c1-3-4-19-13(20)12(14)11(8-16-19)17-10-7-15-18(9-10)5-6-21-2/h7-9,17H,3-6H2,1-2H3. The highest BCUT2D eigenvalue weighted by atomic mass is 35.5. The lowest BCUT2D eigenvalue weighted by molar-refractivity contribution is 0.183. The van der Waals surface area contributed by atoms with E-state index >= 15 is 0 Å². The molecular formula is C13H18ClN5O2. The van der Waals surface area contributed by atoms with Crippen molar-refractivity contribution < 1.29 is 4.74 Å². The van der Waals surface area contributed by atoms with Gasteiger partial charge in [-0.2, -0.15) is 10.2 Å². The predicted octanol–water partition coefficient (Wildman–Crippen LogP) is 1.89. The van der Waals surface area contributed by atoms with E-state index in [2.05, 4.69) is 15.5 Å². The van der Waals surface area contributed by atoms with Gasteiger partial charge in [0.15, 0.2) is 0 Å². The molecule has 8 heteroatoms. The molecule has 0 aliphatic rings. The zero-order valence-electron chi connectivity index (χ0n) is 12.0. The first-order chi connectivity index (χ1) is 10.2. The van der Waals surface area contributed by atoms with Crippen molar-refractivity contribution in [2.24, 2.45) is 0 Å². The van der Waals surface area contributed by atoms with E-state index in [0.717, 1.165) is 12.1 Å². The van der Waals surface area contributed by atoms with Crippen molar-refractivity contribution in [1.29, 1.82) is 0 Å². The molecule has 0 aromatic carbocycles. The van der Waals surface area contributed by atoms with Crippen LogP contribution in [0.3, 0.4) is 0 Å². The Labute approximate surface area is 127 Å². The maximum absolute atomic E-state index is 12.0. The number of aromatic nitrogens is 4. The zero-order chi connectivity index (χ0) is 15.2. The summed E-state index contributed by atoms with van der Waals surface area (Å²) in [7, 11) is 1.64. The van der Waals surface area contributed by atoms with Gasteiger partial charge >= 0.3 is 0 Å². The maximum atomic E-state index is 12.0. The third-order valence-electron chi connectivity index (χ3n) is 2.86. The molecule has 2 heterocycles. The minimum atomic E-state index is -0.296. The van der Waals surface area contributed by atoms with Crippen LogP contribution in [0.4, 0.5) is 11.4 Å². The number of anilines is 2. The van der Waals surface area contributed by atoms with Crippen LogP contribution < -0.4 is 10.9 Å². The van der Waals surface area contributed by atoms with Gasteiger partial charge in [-0.3, -0.25) is 9.48 Å². The smallest absolute Gasteiger partial charge is 0.287 e. The Kier molecular flexibility index (Phi) is 5.35. The minimum absolute atomic E-state index is 0.128. The topological polar surface area (TPSA) is 74.0 Å². The van der Waals surface area contributed by atoms with Crippen molar-refractivity contribution in [3.63, 3.8) is 0 Å². The normalized spacial score (nSPS) is 10.8. The van der Waals surface area contributed by atoms with Crippen molar-refractivity contribution in [2.75, 3.05) is 19.0 Å². The monoisotopic (exact) mass is 311 g/mol. The summed E-state index contributed by atoms with van der Waals surface area (Å²) in [6.07, 6.45) is 5.84. The molecule has 0 radical (unpaired) electrons. The summed E-state index contributed by atoms with van der Waals surface area (Å²) >= 11 is 6.09. The van der Waals surface area contributed by atoms with Crippen LogP contribution in [0.2, 0.25) is 5.02 Å². The van der Waals surface area contributed by atoms with Crippen molar-refractivity contribution in [2.45, 2.75) is 26.4 Å². The number of rotatable bonds is 7. The predicted molar refractivity (Wildman–Crippen MR) is 81.2 cm³/mol. The van der Waals surface area contributed by atoms with Gasteiger partial charge in [0, 0.05) is 19.9 Å². The van der Waals surface area contributed by atoms with E-state index in [1.54, 1.807) is 24.2 Å². The molecule has 0 spiro atoms. The lowest BCUT2D eigenvalue weighted by atomic mass is 10.4. The molecule has 0 saturated heterocycles. The highest BCUT2D eigenvalue weighted by Gasteiger charge is 2.10. The van der Waals surface area contributed by atoms with Gasteiger partial charge in [0.05, 0.1) is 36.9 Å². The van der Waals surface area contributed by atoms with Gasteiger partial charge in [0.1, 0.15) is 5.02 Å². The van der Waals surface area contributed by atoms with E-state index in [1.807, 2.05) is 13.1 Å². The van der Waals surface area contributed by atoms with Crippen molar-refractivity contribution >= 4 is 23.0 Å². The average Bonchev–Trinajstić information content (AvgIpc) is 2.92. The number of aryl methyl sites for hydroxylation is 1. The number of hydrogen-bond donors (Lipinski definition) is 1. The van der Waals surface area contributed by atoms with Crippen LogP contribution in [0.5, 0.6) is 0 Å². The van der Waals surface area contributed by atoms with Gasteiger partial charge in [-0.25, -0.2) is 4.68 Å². The van der Waals surface area contributed by atoms with Crippen LogP contribution in [0.15, 0.2) is 23.4 Å². The molecule has 0 atom stereocenters. The second kappa shape index (κ2) is 7.24. The fraction of sp³-hybridized carbons (Fsp3) is 0.462. The van der Waals surface area contributed by atoms with E-state index in [0.29, 0.717) is 25.4 Å². The van der Waals surface area contributed by atoms with Crippen LogP contribution >= 0.6 is 11.6 Å². The Balaban J connectivity index is 2.14. The van der Waals surface area contributed by atoms with Crippen molar-refractivity contribution in [3.8, 4) is 0 Å². The number of nitrogens with zero attached hydrogens (tertiary/aromatic N) is 4. The minimum Gasteiger partial charge on any atom is -0.383 e. The summed E-state index contributed by atoms with van der Waals surface area (Å²) in [4.78, 5) is 12.0. The molecule has 0 amide bonds. The molecule has 0 fully saturated rings. The number of nitrogens with one attached hydrogen (secondary N) is 1. The third-order valence-corrected chi connectivity index (χ3v) is 3.22. The van der Waals surface area contributed by atoms with Gasteiger partial charge in [0.25, 0.3) is 5.56 Å². The maximum Gasteiger partial charge on any atom is 0.287 e. The van der Waals surface area contributed by atoms with Gasteiger partial charge in [-0.15, -0.1) is 0 Å². The largest absolute Gasteiger partial charge is 0.383 e. The molecule has 2 aromatic rings. The molecule has 2 rings (SSSR count). The second-order valence-electron chi connectivity index (χ2n) is 4.51. The van der Waals surface area contributed by atoms with E-state index in [9.17, 15) is 4.79 Å². The number of hydrogen-bond acceptors (Lipinski definition) is 5. The van der Waals surface area contributed by atoms with E-state index in [-0.39, 0.29) is 10.6 Å². The molecule has 0 unspecified atom stereocenters. The third kappa shape index (κ3) is 3.83. The molecule has 21 heavy (non-hydrogen) atoms. The molecule has 114 valence electrons. The molecule has 1 N–H and O–H groups in total. The highest BCUT2D eigenvalue weighted by molar-refractivity contribution is 6.33. The van der Waals surface area contributed by atoms with Crippen LogP contribution in [-0.4, -0.2) is 33.3 Å². The fourth-order valence-electron chi connectivity index (χ4n) is 1.81. The highest BCUT2D eigenvalue weighted by Crippen LogP contribution is 2.20. The zero-order valence-corrected chi connectivity index (χ0v) is 12.8. The molecule has 7 nitrogen and oxygen atoms in total. The Morgan fingerprint density at radius 3 is 2.86 bits per heavy atom. The summed E-state index contributed by atoms with van der Waals surface area (Å²) in [5.74, 6) is 0. The van der Waals surface area contributed by atoms with E-state index in [1.165, 1.54) is 4.68 Å². The Morgan fingerprint density at radius 2 is 2.14 bits per heavy atom. The van der Waals surface area contributed by atoms with Gasteiger partial charge in [-0.05, 0) is 6.42 Å². The lowest BCUT2D eigenvalue weighted by Gasteiger charge is -2.08. The van der Waals surface area contributed by atoms with Crippen molar-refractivity contribution in [1.82, 2.24) is 19.6 Å². The number of methoxy groups -OCH3 is 1. The Hall–Kier alpha value is -1.86. The molecule has 0 saturated carbocycles. The fourth-order valence-corrected chi connectivity index (χ4v) is 2.01. The van der Waals surface area contributed by atoms with Gasteiger partial charge in [0.2, 0.25) is 0 Å². The first-order valence-corrected chi connectivity index (χ1v) is 7.07. The summed E-state index contributed by atoms with van der Waals surface area (Å²) in [6, 6.07) is 0. The van der Waals surface area contributed by atoms with Crippen LogP contribution in [0.25, 0.3) is 0 Å². The summed E-state index contributed by atoms with van der Waals surface area (Å²) in [5.41, 5.74) is 0.915. The summed E-state index contributed by atoms with van der Waals surface area (Å²) < 4.78 is 8.09. The second-order valence-corrected chi connectivity index (χ2v) is 4.89. The number of ether oxygens (including phenoxy) is 1. The molecule has 0 aliphatic heterocycles. The molecule has 0 bridgehead atoms. The Morgan fingerprint density at radius 1 is 1.33 bits per heavy atom. The number of halogens is 1. The first kappa shape index (κ1) is 15.5. The SMILES string of the molecule is CCCn1ncc(Nc2cnn(CCOC)c2)c(Cl)c1=O. The van der Waals surface area contributed by atoms with Crippen LogP contribution in [0.1, 0.15) is 13.3 Å². The van der Waals surface area contributed by atoms with E-state index in [4.69, 9.17) is 16.3 Å². The van der Waals surface area contributed by atoms with Gasteiger partial charge in [-0.1, -0.05) is 18.5 Å². The van der Waals surface area contributed by atoms with Crippen molar-refractivity contribution in [3.05, 3.63) is 34.0 Å². The molecule has 2 aromatic heterocycles.